The van der Waals surface area contributed by atoms with Gasteiger partial charge in [-0.05, 0) is 31.1 Å². The SMILES string of the molecule is CCCCCCCCCCCCCCCCCCC(=O)O[C@H](COC(=O)CCCCCCCCCCCCCCCCCCCCC(C)CC)COC(=O)CCCCCCCCCCCCCCCCC(C)CC. The number of carbonyl (C=O) groups is 3. The van der Waals surface area contributed by atoms with E-state index in [9.17, 15) is 14.4 Å². The number of unbranched alkanes of at least 4 members (excludes halogenated alkanes) is 45. The third kappa shape index (κ3) is 58.1. The minimum absolute atomic E-state index is 0.0614. The Hall–Kier alpha value is -1.59. The first-order valence-corrected chi connectivity index (χ1v) is 33.8. The molecule has 0 aromatic rings. The number of hydrogen-bond acceptors (Lipinski definition) is 6. The van der Waals surface area contributed by atoms with E-state index >= 15 is 0 Å². The third-order valence-electron chi connectivity index (χ3n) is 16.4. The number of ether oxygens (including phenoxy) is 3. The Bertz CT molecular complexity index is 1140. The van der Waals surface area contributed by atoms with Crippen molar-refractivity contribution in [2.75, 3.05) is 13.2 Å². The van der Waals surface area contributed by atoms with E-state index in [2.05, 4.69) is 34.6 Å². The van der Waals surface area contributed by atoms with E-state index in [0.29, 0.717) is 19.3 Å². The Morgan fingerprint density at radius 2 is 0.473 bits per heavy atom. The molecule has 0 saturated heterocycles. The molecule has 0 amide bonds. The lowest BCUT2D eigenvalue weighted by molar-refractivity contribution is -0.167. The first-order valence-electron chi connectivity index (χ1n) is 33.8. The number of rotatable bonds is 62. The van der Waals surface area contributed by atoms with Gasteiger partial charge in [-0.1, -0.05) is 349 Å². The maximum Gasteiger partial charge on any atom is 0.306 e. The van der Waals surface area contributed by atoms with Gasteiger partial charge < -0.3 is 14.2 Å². The minimum Gasteiger partial charge on any atom is -0.462 e. The Morgan fingerprint density at radius 1 is 0.270 bits per heavy atom. The topological polar surface area (TPSA) is 78.9 Å². The van der Waals surface area contributed by atoms with Crippen LogP contribution in [0, 0.1) is 11.8 Å². The standard InChI is InChI=1S/C68H132O6/c1-6-9-10-11-12-13-14-15-16-22-30-35-40-45-50-55-60-68(71)74-65(62-73-67(70)59-54-49-44-39-34-29-25-24-27-32-37-42-47-52-57-64(5)8-3)61-72-66(69)58-53-48-43-38-33-28-23-20-18-17-19-21-26-31-36-41-46-51-56-63(4)7-2/h63-65H,6-62H2,1-5H3/t63?,64?,65-/m1/s1. The summed E-state index contributed by atoms with van der Waals surface area (Å²) in [5, 5.41) is 0. The van der Waals surface area contributed by atoms with Gasteiger partial charge >= 0.3 is 17.9 Å². The van der Waals surface area contributed by atoms with Gasteiger partial charge in [0.25, 0.3) is 0 Å². The Kier molecular flexibility index (Phi) is 59.3. The van der Waals surface area contributed by atoms with Gasteiger partial charge in [0.2, 0.25) is 0 Å². The minimum atomic E-state index is -0.764. The summed E-state index contributed by atoms with van der Waals surface area (Å²) >= 11 is 0. The maximum absolute atomic E-state index is 12.9. The molecule has 0 radical (unpaired) electrons. The number of esters is 3. The second-order valence-corrected chi connectivity index (χ2v) is 23.9. The smallest absolute Gasteiger partial charge is 0.306 e. The van der Waals surface area contributed by atoms with E-state index in [1.165, 1.54) is 276 Å². The molecule has 0 rings (SSSR count). The first-order chi connectivity index (χ1) is 36.3. The quantitative estimate of drug-likeness (QED) is 0.0343. The van der Waals surface area contributed by atoms with Crippen LogP contribution in [0.4, 0.5) is 0 Å². The molecule has 0 heterocycles. The zero-order chi connectivity index (χ0) is 53.9. The predicted octanol–water partition coefficient (Wildman–Crippen LogP) is 22.8. The molecule has 0 aliphatic heterocycles. The van der Waals surface area contributed by atoms with Crippen LogP contribution in [0.2, 0.25) is 0 Å². The van der Waals surface area contributed by atoms with E-state index in [1.54, 1.807) is 0 Å². The highest BCUT2D eigenvalue weighted by atomic mass is 16.6. The Morgan fingerprint density at radius 3 is 0.703 bits per heavy atom. The summed E-state index contributed by atoms with van der Waals surface area (Å²) in [6, 6.07) is 0. The fourth-order valence-corrected chi connectivity index (χ4v) is 10.6. The molecule has 0 spiro atoms. The molecular weight excluding hydrogens is 913 g/mol. The van der Waals surface area contributed by atoms with E-state index in [1.807, 2.05) is 0 Å². The fourth-order valence-electron chi connectivity index (χ4n) is 10.6. The summed E-state index contributed by atoms with van der Waals surface area (Å²) in [5.41, 5.74) is 0. The summed E-state index contributed by atoms with van der Waals surface area (Å²) < 4.78 is 17.0. The van der Waals surface area contributed by atoms with Crippen LogP contribution < -0.4 is 0 Å². The lowest BCUT2D eigenvalue weighted by Crippen LogP contribution is -2.30. The van der Waals surface area contributed by atoms with Crippen molar-refractivity contribution in [2.45, 2.75) is 394 Å². The molecule has 0 aromatic heterocycles. The first kappa shape index (κ1) is 72.4. The summed E-state index contributed by atoms with van der Waals surface area (Å²) in [6.45, 7) is 11.5. The van der Waals surface area contributed by atoms with E-state index < -0.39 is 6.10 Å². The average molecular weight is 1050 g/mol. The molecule has 3 atom stereocenters. The van der Waals surface area contributed by atoms with Gasteiger partial charge in [-0.15, -0.1) is 0 Å². The summed E-state index contributed by atoms with van der Waals surface area (Å²) in [7, 11) is 0. The predicted molar refractivity (Wildman–Crippen MR) is 321 cm³/mol. The van der Waals surface area contributed by atoms with Crippen LogP contribution in [-0.4, -0.2) is 37.2 Å². The molecule has 2 unspecified atom stereocenters. The molecule has 0 fully saturated rings. The third-order valence-corrected chi connectivity index (χ3v) is 16.4. The number of hydrogen-bond donors (Lipinski definition) is 0. The van der Waals surface area contributed by atoms with Crippen molar-refractivity contribution in [1.29, 1.82) is 0 Å². The van der Waals surface area contributed by atoms with Gasteiger partial charge in [0, 0.05) is 19.3 Å². The molecule has 0 aliphatic rings. The Labute approximate surface area is 463 Å². The van der Waals surface area contributed by atoms with Crippen LogP contribution in [0.15, 0.2) is 0 Å². The zero-order valence-corrected chi connectivity index (χ0v) is 51.0. The van der Waals surface area contributed by atoms with Crippen LogP contribution in [0.5, 0.6) is 0 Å². The van der Waals surface area contributed by atoms with E-state index in [0.717, 1.165) is 69.6 Å². The molecule has 440 valence electrons. The van der Waals surface area contributed by atoms with E-state index in [-0.39, 0.29) is 31.1 Å². The largest absolute Gasteiger partial charge is 0.462 e. The average Bonchev–Trinajstić information content (AvgIpc) is 3.40. The fraction of sp³-hybridized carbons (Fsp3) is 0.956. The molecule has 0 N–H and O–H groups in total. The molecule has 6 heteroatoms. The van der Waals surface area contributed by atoms with Crippen molar-refractivity contribution in [3.63, 3.8) is 0 Å². The highest BCUT2D eigenvalue weighted by Gasteiger charge is 2.20. The van der Waals surface area contributed by atoms with Gasteiger partial charge in [0.15, 0.2) is 6.10 Å². The van der Waals surface area contributed by atoms with Crippen molar-refractivity contribution >= 4 is 17.9 Å². The zero-order valence-electron chi connectivity index (χ0n) is 51.0. The normalized spacial score (nSPS) is 12.8. The van der Waals surface area contributed by atoms with Gasteiger partial charge in [-0.25, -0.2) is 0 Å². The van der Waals surface area contributed by atoms with Crippen molar-refractivity contribution in [2.24, 2.45) is 11.8 Å². The second-order valence-electron chi connectivity index (χ2n) is 23.9. The summed E-state index contributed by atoms with van der Waals surface area (Å²) in [6.07, 6.45) is 68.1. The summed E-state index contributed by atoms with van der Waals surface area (Å²) in [5.74, 6) is 0.979. The highest BCUT2D eigenvalue weighted by Crippen LogP contribution is 2.20. The van der Waals surface area contributed by atoms with Crippen molar-refractivity contribution < 1.29 is 28.6 Å². The van der Waals surface area contributed by atoms with Gasteiger partial charge in [-0.2, -0.15) is 0 Å². The molecule has 0 aliphatic carbocycles. The summed E-state index contributed by atoms with van der Waals surface area (Å²) in [4.78, 5) is 38.4. The van der Waals surface area contributed by atoms with E-state index in [4.69, 9.17) is 14.2 Å². The van der Waals surface area contributed by atoms with Gasteiger partial charge in [-0.3, -0.25) is 14.4 Å². The molecule has 0 bridgehead atoms. The van der Waals surface area contributed by atoms with Crippen molar-refractivity contribution in [3.8, 4) is 0 Å². The van der Waals surface area contributed by atoms with Crippen LogP contribution in [0.3, 0.4) is 0 Å². The van der Waals surface area contributed by atoms with Crippen molar-refractivity contribution in [1.82, 2.24) is 0 Å². The number of carbonyl (C=O) groups excluding carboxylic acids is 3. The monoisotopic (exact) mass is 1050 g/mol. The highest BCUT2D eigenvalue weighted by molar-refractivity contribution is 5.71. The van der Waals surface area contributed by atoms with Crippen LogP contribution >= 0.6 is 0 Å². The van der Waals surface area contributed by atoms with Gasteiger partial charge in [0.1, 0.15) is 13.2 Å². The van der Waals surface area contributed by atoms with Gasteiger partial charge in [0.05, 0.1) is 0 Å². The molecule has 0 saturated carbocycles. The molecule has 0 aromatic carbocycles. The molecular formula is C68H132O6. The maximum atomic E-state index is 12.9. The Balaban J connectivity index is 4.26. The van der Waals surface area contributed by atoms with Crippen LogP contribution in [-0.2, 0) is 28.6 Å². The van der Waals surface area contributed by atoms with Crippen molar-refractivity contribution in [3.05, 3.63) is 0 Å². The van der Waals surface area contributed by atoms with Crippen LogP contribution in [0.1, 0.15) is 388 Å². The molecule has 74 heavy (non-hydrogen) atoms. The lowest BCUT2D eigenvalue weighted by Gasteiger charge is -2.18. The lowest BCUT2D eigenvalue weighted by atomic mass is 9.99. The van der Waals surface area contributed by atoms with Crippen LogP contribution in [0.25, 0.3) is 0 Å². The molecule has 6 nitrogen and oxygen atoms in total. The second kappa shape index (κ2) is 60.6.